The molecule has 0 spiro atoms. The lowest BCUT2D eigenvalue weighted by atomic mass is 10.1. The second kappa shape index (κ2) is 11.9. The van der Waals surface area contributed by atoms with Crippen LogP contribution in [0.1, 0.15) is 56.0 Å². The molecule has 5 rings (SSSR count). The van der Waals surface area contributed by atoms with Gasteiger partial charge in [0.05, 0.1) is 17.7 Å². The van der Waals surface area contributed by atoms with E-state index in [1.165, 1.54) is 11.1 Å². The van der Waals surface area contributed by atoms with Crippen molar-refractivity contribution in [2.75, 3.05) is 6.61 Å². The fourth-order valence-electron chi connectivity index (χ4n) is 5.20. The molecule has 4 aromatic rings. The summed E-state index contributed by atoms with van der Waals surface area (Å²) in [6, 6.07) is 24.5. The van der Waals surface area contributed by atoms with Crippen LogP contribution in [0.15, 0.2) is 77.6 Å². The van der Waals surface area contributed by atoms with Crippen LogP contribution < -0.4 is 15.0 Å². The van der Waals surface area contributed by atoms with Crippen molar-refractivity contribution in [3.63, 3.8) is 0 Å². The molecule has 0 bridgehead atoms. The van der Waals surface area contributed by atoms with Crippen molar-refractivity contribution in [1.82, 2.24) is 9.47 Å². The summed E-state index contributed by atoms with van der Waals surface area (Å²) in [5, 5.41) is 1.51. The minimum atomic E-state index is 0.0397. The van der Waals surface area contributed by atoms with Crippen molar-refractivity contribution in [3.05, 3.63) is 106 Å². The van der Waals surface area contributed by atoms with Gasteiger partial charge < -0.3 is 14.0 Å². The van der Waals surface area contributed by atoms with Crippen molar-refractivity contribution >= 4 is 10.8 Å². The number of hydrogen-bond donors (Lipinski definition) is 0. The van der Waals surface area contributed by atoms with Crippen LogP contribution in [0.25, 0.3) is 10.8 Å². The molecule has 0 saturated carbocycles. The number of unbranched alkanes of at least 4 members (excludes halogenated alkanes) is 1. The van der Waals surface area contributed by atoms with Crippen LogP contribution in [0.3, 0.4) is 0 Å². The van der Waals surface area contributed by atoms with E-state index in [2.05, 4.69) is 62.1 Å². The van der Waals surface area contributed by atoms with Gasteiger partial charge in [-0.05, 0) is 47.2 Å². The summed E-state index contributed by atoms with van der Waals surface area (Å²) in [7, 11) is 0. The highest BCUT2D eigenvalue weighted by atomic mass is 16.5. The van der Waals surface area contributed by atoms with E-state index in [0.717, 1.165) is 54.1 Å². The van der Waals surface area contributed by atoms with Crippen molar-refractivity contribution in [3.8, 4) is 11.5 Å². The molecule has 0 radical (unpaired) electrons. The minimum absolute atomic E-state index is 0.0397. The number of nitrogens with zero attached hydrogens (tertiary/aromatic N) is 2. The molecule has 0 saturated heterocycles. The van der Waals surface area contributed by atoms with Crippen LogP contribution in [-0.2, 0) is 32.8 Å². The normalized spacial score (nSPS) is 13.3. The van der Waals surface area contributed by atoms with Crippen LogP contribution in [0, 0.1) is 5.92 Å². The zero-order valence-corrected chi connectivity index (χ0v) is 22.8. The minimum Gasteiger partial charge on any atom is -0.491 e. The van der Waals surface area contributed by atoms with Gasteiger partial charge in [0.25, 0.3) is 5.56 Å². The van der Waals surface area contributed by atoms with E-state index in [1.54, 1.807) is 0 Å². The first-order valence-electron chi connectivity index (χ1n) is 13.8. The Morgan fingerprint density at radius 3 is 2.26 bits per heavy atom. The molecule has 0 amide bonds. The maximum Gasteiger partial charge on any atom is 0.258 e. The van der Waals surface area contributed by atoms with Crippen LogP contribution in [-0.4, -0.2) is 16.1 Å². The Morgan fingerprint density at radius 2 is 1.58 bits per heavy atom. The van der Waals surface area contributed by atoms with E-state index >= 15 is 0 Å². The Bertz CT molecular complexity index is 1420. The predicted octanol–water partition coefficient (Wildman–Crippen LogP) is 6.93. The van der Waals surface area contributed by atoms with Crippen molar-refractivity contribution in [2.24, 2.45) is 5.92 Å². The Labute approximate surface area is 225 Å². The zero-order valence-electron chi connectivity index (χ0n) is 22.8. The highest BCUT2D eigenvalue weighted by molar-refractivity contribution is 5.89. The number of aromatic nitrogens is 1. The van der Waals surface area contributed by atoms with Crippen LogP contribution in [0.2, 0.25) is 0 Å². The standard InChI is InChI=1S/C33H38N2O3/c1-4-5-17-37-32-30-18-28(38-23-25-11-7-6-8-12-25)15-16-29(30)33(36)35(19-24(2)3)31(32)22-34-20-26-13-9-10-14-27(26)21-34/h6-16,18,24H,4-5,17,19-23H2,1-3H3. The molecule has 2 heterocycles. The maximum absolute atomic E-state index is 13.9. The van der Waals surface area contributed by atoms with Crippen molar-refractivity contribution < 1.29 is 9.47 Å². The quantitative estimate of drug-likeness (QED) is 0.205. The SMILES string of the molecule is CCCCOc1c(CN2Cc3ccccc3C2)n(CC(C)C)c(=O)c2ccc(OCc3ccccc3)cc12. The van der Waals surface area contributed by atoms with Gasteiger partial charge in [-0.1, -0.05) is 81.8 Å². The van der Waals surface area contributed by atoms with E-state index < -0.39 is 0 Å². The van der Waals surface area contributed by atoms with Gasteiger partial charge in [-0.25, -0.2) is 0 Å². The maximum atomic E-state index is 13.9. The molecule has 0 N–H and O–H groups in total. The summed E-state index contributed by atoms with van der Waals surface area (Å²) in [5.41, 5.74) is 4.82. The molecule has 198 valence electrons. The molecule has 0 atom stereocenters. The predicted molar refractivity (Wildman–Crippen MR) is 154 cm³/mol. The highest BCUT2D eigenvalue weighted by Crippen LogP contribution is 2.34. The van der Waals surface area contributed by atoms with E-state index in [1.807, 2.05) is 41.0 Å². The molecule has 5 heteroatoms. The average molecular weight is 511 g/mol. The summed E-state index contributed by atoms with van der Waals surface area (Å²) in [4.78, 5) is 16.3. The second-order valence-electron chi connectivity index (χ2n) is 10.7. The zero-order chi connectivity index (χ0) is 26.5. The molecular formula is C33H38N2O3. The molecule has 1 aromatic heterocycles. The van der Waals surface area contributed by atoms with Gasteiger partial charge in [-0.3, -0.25) is 9.69 Å². The second-order valence-corrected chi connectivity index (χ2v) is 10.7. The monoisotopic (exact) mass is 510 g/mol. The molecular weight excluding hydrogens is 472 g/mol. The number of fused-ring (bicyclic) bond motifs is 2. The third-order valence-electron chi connectivity index (χ3n) is 7.12. The molecule has 38 heavy (non-hydrogen) atoms. The Balaban J connectivity index is 1.57. The van der Waals surface area contributed by atoms with Gasteiger partial charge in [-0.2, -0.15) is 0 Å². The lowest BCUT2D eigenvalue weighted by Crippen LogP contribution is -2.30. The molecule has 1 aliphatic heterocycles. The molecule has 5 nitrogen and oxygen atoms in total. The molecule has 1 aliphatic rings. The van der Waals surface area contributed by atoms with E-state index in [-0.39, 0.29) is 5.56 Å². The molecule has 0 unspecified atom stereocenters. The highest BCUT2D eigenvalue weighted by Gasteiger charge is 2.25. The van der Waals surface area contributed by atoms with Gasteiger partial charge in [0.15, 0.2) is 0 Å². The Hall–Kier alpha value is -3.57. The third-order valence-corrected chi connectivity index (χ3v) is 7.12. The van der Waals surface area contributed by atoms with Gasteiger partial charge in [0.1, 0.15) is 18.1 Å². The van der Waals surface area contributed by atoms with Gasteiger partial charge >= 0.3 is 0 Å². The average Bonchev–Trinajstić information content (AvgIpc) is 3.34. The van der Waals surface area contributed by atoms with Crippen LogP contribution in [0.5, 0.6) is 11.5 Å². The Morgan fingerprint density at radius 1 is 0.868 bits per heavy atom. The summed E-state index contributed by atoms with van der Waals surface area (Å²) in [5.74, 6) is 1.88. The first-order chi connectivity index (χ1) is 18.5. The fraction of sp³-hybridized carbons (Fsp3) is 0.364. The van der Waals surface area contributed by atoms with E-state index in [0.29, 0.717) is 37.6 Å². The largest absolute Gasteiger partial charge is 0.491 e. The number of benzene rings is 3. The number of pyridine rings is 1. The summed E-state index contributed by atoms with van der Waals surface area (Å²) < 4.78 is 14.6. The summed E-state index contributed by atoms with van der Waals surface area (Å²) in [6.45, 7) is 10.6. The fourth-order valence-corrected chi connectivity index (χ4v) is 5.20. The first-order valence-corrected chi connectivity index (χ1v) is 13.8. The van der Waals surface area contributed by atoms with Crippen molar-refractivity contribution in [2.45, 2.75) is 66.4 Å². The van der Waals surface area contributed by atoms with Gasteiger partial charge in [-0.15, -0.1) is 0 Å². The first kappa shape index (κ1) is 26.1. The molecule has 0 aliphatic carbocycles. The van der Waals surface area contributed by atoms with Crippen LogP contribution in [0.4, 0.5) is 0 Å². The van der Waals surface area contributed by atoms with Crippen molar-refractivity contribution in [1.29, 1.82) is 0 Å². The third kappa shape index (κ3) is 5.78. The molecule has 0 fully saturated rings. The van der Waals surface area contributed by atoms with E-state index in [9.17, 15) is 4.79 Å². The number of hydrogen-bond acceptors (Lipinski definition) is 4. The summed E-state index contributed by atoms with van der Waals surface area (Å²) >= 11 is 0. The lowest BCUT2D eigenvalue weighted by Gasteiger charge is -2.25. The Kier molecular flexibility index (Phi) is 8.14. The van der Waals surface area contributed by atoms with Gasteiger partial charge in [0.2, 0.25) is 0 Å². The smallest absolute Gasteiger partial charge is 0.258 e. The summed E-state index contributed by atoms with van der Waals surface area (Å²) in [6.07, 6.45) is 2.01. The topological polar surface area (TPSA) is 43.7 Å². The number of rotatable bonds is 11. The van der Waals surface area contributed by atoms with Crippen LogP contribution >= 0.6 is 0 Å². The molecule has 3 aromatic carbocycles. The van der Waals surface area contributed by atoms with Gasteiger partial charge in [0, 0.05) is 31.6 Å². The number of ether oxygens (including phenoxy) is 2. The van der Waals surface area contributed by atoms with E-state index in [4.69, 9.17) is 9.47 Å². The lowest BCUT2D eigenvalue weighted by molar-refractivity contribution is 0.249.